The topological polar surface area (TPSA) is 55.1 Å². The van der Waals surface area contributed by atoms with Crippen LogP contribution in [0.4, 0.5) is 4.39 Å². The van der Waals surface area contributed by atoms with E-state index in [0.717, 1.165) is 12.0 Å². The van der Waals surface area contributed by atoms with Gasteiger partial charge in [-0.1, -0.05) is 37.3 Å². The van der Waals surface area contributed by atoms with Crippen LogP contribution in [0.2, 0.25) is 0 Å². The van der Waals surface area contributed by atoms with Gasteiger partial charge in [0.1, 0.15) is 5.82 Å². The zero-order valence-electron chi connectivity index (χ0n) is 12.0. The zero-order chi connectivity index (χ0) is 15.2. The normalized spacial score (nSPS) is 12.1. The lowest BCUT2D eigenvalue weighted by molar-refractivity contribution is 0.1000. The molecule has 2 aromatic rings. The lowest BCUT2D eigenvalue weighted by atomic mass is 10.0. The van der Waals surface area contributed by atoms with E-state index >= 15 is 0 Å². The molecule has 1 amide bonds. The van der Waals surface area contributed by atoms with Gasteiger partial charge in [0.15, 0.2) is 0 Å². The van der Waals surface area contributed by atoms with Gasteiger partial charge in [-0.2, -0.15) is 0 Å². The van der Waals surface area contributed by atoms with E-state index in [1.54, 1.807) is 30.3 Å². The third-order valence-electron chi connectivity index (χ3n) is 3.45. The van der Waals surface area contributed by atoms with Crippen LogP contribution in [-0.4, -0.2) is 5.91 Å². The Bertz CT molecular complexity index is 628. The summed E-state index contributed by atoms with van der Waals surface area (Å²) in [6.45, 7) is 2.55. The minimum Gasteiger partial charge on any atom is -0.366 e. The summed E-state index contributed by atoms with van der Waals surface area (Å²) in [4.78, 5) is 11.2. The van der Waals surface area contributed by atoms with Crippen molar-refractivity contribution in [2.24, 2.45) is 5.73 Å². The molecular formula is C17H19FN2O. The van der Waals surface area contributed by atoms with Crippen LogP contribution in [0.3, 0.4) is 0 Å². The van der Waals surface area contributed by atoms with E-state index in [1.807, 2.05) is 19.1 Å². The molecule has 0 aliphatic rings. The van der Waals surface area contributed by atoms with E-state index in [9.17, 15) is 9.18 Å². The van der Waals surface area contributed by atoms with E-state index < -0.39 is 5.91 Å². The monoisotopic (exact) mass is 286 g/mol. The fourth-order valence-electron chi connectivity index (χ4n) is 2.31. The molecule has 1 atom stereocenters. The maximum atomic E-state index is 13.8. The maximum absolute atomic E-state index is 13.8. The highest BCUT2D eigenvalue weighted by Gasteiger charge is 2.13. The van der Waals surface area contributed by atoms with E-state index in [1.165, 1.54) is 6.07 Å². The molecule has 0 bridgehead atoms. The highest BCUT2D eigenvalue weighted by molar-refractivity contribution is 5.92. The average molecular weight is 286 g/mol. The molecule has 1 unspecified atom stereocenters. The number of hydrogen-bond acceptors (Lipinski definition) is 2. The predicted octanol–water partition coefficient (Wildman–Crippen LogP) is 3.17. The molecule has 3 nitrogen and oxygen atoms in total. The van der Waals surface area contributed by atoms with Crippen LogP contribution in [-0.2, 0) is 6.54 Å². The number of primary amides is 1. The Hall–Kier alpha value is -2.20. The van der Waals surface area contributed by atoms with Crippen molar-refractivity contribution in [2.45, 2.75) is 25.9 Å². The van der Waals surface area contributed by atoms with Crippen molar-refractivity contribution in [1.82, 2.24) is 5.32 Å². The Morgan fingerprint density at radius 1 is 1.24 bits per heavy atom. The van der Waals surface area contributed by atoms with Gasteiger partial charge in [-0.15, -0.1) is 0 Å². The Morgan fingerprint density at radius 3 is 2.67 bits per heavy atom. The van der Waals surface area contributed by atoms with Crippen LogP contribution in [0.1, 0.15) is 40.9 Å². The van der Waals surface area contributed by atoms with Gasteiger partial charge < -0.3 is 11.1 Å². The smallest absolute Gasteiger partial charge is 0.248 e. The highest BCUT2D eigenvalue weighted by atomic mass is 19.1. The van der Waals surface area contributed by atoms with Gasteiger partial charge in [-0.25, -0.2) is 4.39 Å². The second-order valence-electron chi connectivity index (χ2n) is 4.93. The molecule has 0 fully saturated rings. The molecule has 110 valence electrons. The number of benzene rings is 2. The minimum atomic E-state index is -0.446. The molecule has 0 saturated heterocycles. The van der Waals surface area contributed by atoms with Crippen LogP contribution < -0.4 is 11.1 Å². The Kier molecular flexibility index (Phi) is 5.06. The third-order valence-corrected chi connectivity index (χ3v) is 3.45. The van der Waals surface area contributed by atoms with E-state index in [0.29, 0.717) is 17.7 Å². The molecular weight excluding hydrogens is 267 g/mol. The van der Waals surface area contributed by atoms with Crippen molar-refractivity contribution in [1.29, 1.82) is 0 Å². The molecule has 2 aromatic carbocycles. The van der Waals surface area contributed by atoms with Crippen molar-refractivity contribution in [3.8, 4) is 0 Å². The summed E-state index contributed by atoms with van der Waals surface area (Å²) in [6, 6.07) is 13.8. The van der Waals surface area contributed by atoms with Crippen molar-refractivity contribution in [3.05, 3.63) is 71.0 Å². The summed E-state index contributed by atoms with van der Waals surface area (Å²) in [5.41, 5.74) is 7.35. The standard InChI is InChI=1S/C17H19FN2O/c1-2-16(14-8-3-4-9-15(14)18)20-11-12-6-5-7-13(10-12)17(19)21/h3-10,16,20H,2,11H2,1H3,(H2,19,21). The third kappa shape index (κ3) is 3.89. The first kappa shape index (κ1) is 15.2. The molecule has 0 aromatic heterocycles. The van der Waals surface area contributed by atoms with Gasteiger partial charge in [-0.3, -0.25) is 4.79 Å². The van der Waals surface area contributed by atoms with Gasteiger partial charge in [0.2, 0.25) is 5.91 Å². The lowest BCUT2D eigenvalue weighted by Gasteiger charge is -2.18. The number of amides is 1. The minimum absolute atomic E-state index is 0.0663. The largest absolute Gasteiger partial charge is 0.366 e. The first-order valence-electron chi connectivity index (χ1n) is 6.98. The Morgan fingerprint density at radius 2 is 2.00 bits per heavy atom. The molecule has 21 heavy (non-hydrogen) atoms. The van der Waals surface area contributed by atoms with E-state index in [-0.39, 0.29) is 11.9 Å². The van der Waals surface area contributed by atoms with Crippen molar-refractivity contribution < 1.29 is 9.18 Å². The van der Waals surface area contributed by atoms with Crippen LogP contribution in [0.5, 0.6) is 0 Å². The number of carbonyl (C=O) groups excluding carboxylic acids is 1. The molecule has 0 heterocycles. The molecule has 0 saturated carbocycles. The van der Waals surface area contributed by atoms with Crippen molar-refractivity contribution >= 4 is 5.91 Å². The molecule has 0 spiro atoms. The number of rotatable bonds is 6. The fraction of sp³-hybridized carbons (Fsp3) is 0.235. The summed E-state index contributed by atoms with van der Waals surface area (Å²) in [5, 5.41) is 3.32. The number of carbonyl (C=O) groups is 1. The number of hydrogen-bond donors (Lipinski definition) is 2. The Labute approximate surface area is 124 Å². The maximum Gasteiger partial charge on any atom is 0.248 e. The molecule has 4 heteroatoms. The Balaban J connectivity index is 2.09. The second kappa shape index (κ2) is 6.99. The molecule has 0 aliphatic heterocycles. The summed E-state index contributed by atoms with van der Waals surface area (Å²) < 4.78 is 13.8. The first-order chi connectivity index (χ1) is 10.1. The van der Waals surface area contributed by atoms with Gasteiger partial charge in [-0.05, 0) is 30.2 Å². The van der Waals surface area contributed by atoms with Crippen molar-refractivity contribution in [3.63, 3.8) is 0 Å². The number of nitrogens with one attached hydrogen (secondary N) is 1. The summed E-state index contributed by atoms with van der Waals surface area (Å²) in [5.74, 6) is -0.652. The van der Waals surface area contributed by atoms with Gasteiger partial charge in [0, 0.05) is 23.7 Å². The highest BCUT2D eigenvalue weighted by Crippen LogP contribution is 2.20. The molecule has 3 N–H and O–H groups in total. The predicted molar refractivity (Wildman–Crippen MR) is 81.2 cm³/mol. The van der Waals surface area contributed by atoms with E-state index in [2.05, 4.69) is 5.32 Å². The van der Waals surface area contributed by atoms with Gasteiger partial charge >= 0.3 is 0 Å². The molecule has 0 aliphatic carbocycles. The molecule has 0 radical (unpaired) electrons. The number of nitrogens with two attached hydrogens (primary N) is 1. The van der Waals surface area contributed by atoms with E-state index in [4.69, 9.17) is 5.73 Å². The van der Waals surface area contributed by atoms with Crippen LogP contribution >= 0.6 is 0 Å². The number of halogens is 1. The van der Waals surface area contributed by atoms with Crippen LogP contribution in [0.25, 0.3) is 0 Å². The van der Waals surface area contributed by atoms with Crippen LogP contribution in [0, 0.1) is 5.82 Å². The summed E-state index contributed by atoms with van der Waals surface area (Å²) in [6.07, 6.45) is 0.774. The SMILES string of the molecule is CCC(NCc1cccc(C(N)=O)c1)c1ccccc1F. The quantitative estimate of drug-likeness (QED) is 0.857. The average Bonchev–Trinajstić information content (AvgIpc) is 2.50. The van der Waals surface area contributed by atoms with Gasteiger partial charge in [0.25, 0.3) is 0 Å². The van der Waals surface area contributed by atoms with Gasteiger partial charge in [0.05, 0.1) is 0 Å². The second-order valence-corrected chi connectivity index (χ2v) is 4.93. The van der Waals surface area contributed by atoms with Crippen LogP contribution in [0.15, 0.2) is 48.5 Å². The zero-order valence-corrected chi connectivity index (χ0v) is 12.0. The first-order valence-corrected chi connectivity index (χ1v) is 6.98. The lowest BCUT2D eigenvalue weighted by Crippen LogP contribution is -2.21. The fourth-order valence-corrected chi connectivity index (χ4v) is 2.31. The summed E-state index contributed by atoms with van der Waals surface area (Å²) in [7, 11) is 0. The van der Waals surface area contributed by atoms with Crippen molar-refractivity contribution in [2.75, 3.05) is 0 Å². The summed E-state index contributed by atoms with van der Waals surface area (Å²) >= 11 is 0. The molecule has 2 rings (SSSR count).